The summed E-state index contributed by atoms with van der Waals surface area (Å²) >= 11 is 1.44. The van der Waals surface area contributed by atoms with Gasteiger partial charge in [0.1, 0.15) is 5.75 Å². The van der Waals surface area contributed by atoms with Crippen molar-refractivity contribution in [2.24, 2.45) is 5.92 Å². The Labute approximate surface area is 182 Å². The number of unbranched alkanes of at least 4 members (excludes halogenated alkanes) is 1. The molecule has 162 valence electrons. The van der Waals surface area contributed by atoms with Crippen LogP contribution in [0.3, 0.4) is 0 Å². The lowest BCUT2D eigenvalue weighted by Gasteiger charge is -2.41. The highest BCUT2D eigenvalue weighted by atomic mass is 32.1. The number of likely N-dealkylation sites (tertiary alicyclic amines) is 1. The van der Waals surface area contributed by atoms with E-state index in [2.05, 4.69) is 31.1 Å². The van der Waals surface area contributed by atoms with Crippen LogP contribution in [0.2, 0.25) is 0 Å². The molecule has 0 bridgehead atoms. The minimum atomic E-state index is -0.359. The van der Waals surface area contributed by atoms with Crippen molar-refractivity contribution in [3.63, 3.8) is 0 Å². The Morgan fingerprint density at radius 3 is 2.80 bits per heavy atom. The normalized spacial score (nSPS) is 19.2. The van der Waals surface area contributed by atoms with Crippen LogP contribution in [0.5, 0.6) is 5.75 Å². The molecule has 6 nitrogen and oxygen atoms in total. The Morgan fingerprint density at radius 2 is 2.13 bits per heavy atom. The zero-order valence-corrected chi connectivity index (χ0v) is 19.0. The number of piperidine rings is 1. The minimum Gasteiger partial charge on any atom is -0.496 e. The summed E-state index contributed by atoms with van der Waals surface area (Å²) in [5.41, 5.74) is 1.85. The molecule has 2 amide bonds. The molecule has 2 aromatic rings. The van der Waals surface area contributed by atoms with E-state index in [1.807, 2.05) is 34.5 Å². The number of para-hydroxylation sites is 1. The van der Waals surface area contributed by atoms with Crippen molar-refractivity contribution in [3.8, 4) is 5.75 Å². The van der Waals surface area contributed by atoms with E-state index in [0.29, 0.717) is 36.2 Å². The van der Waals surface area contributed by atoms with Gasteiger partial charge in [-0.25, -0.2) is 4.98 Å². The molecule has 1 fully saturated rings. The number of hydrogen-bond acceptors (Lipinski definition) is 5. The molecule has 1 saturated heterocycles. The third-order valence-corrected chi connectivity index (χ3v) is 6.37. The SMILES string of the molecule is CCCCN1C(=O)CCC(C(=O)Nc2nc(C(C)C)cs2)C1c1ccccc1OC. The van der Waals surface area contributed by atoms with Crippen molar-refractivity contribution < 1.29 is 14.3 Å². The minimum absolute atomic E-state index is 0.0930. The number of ether oxygens (including phenoxy) is 1. The summed E-state index contributed by atoms with van der Waals surface area (Å²) in [7, 11) is 1.62. The molecule has 2 heterocycles. The lowest BCUT2D eigenvalue weighted by atomic mass is 9.83. The fourth-order valence-electron chi connectivity index (χ4n) is 3.92. The van der Waals surface area contributed by atoms with Crippen molar-refractivity contribution in [2.45, 2.75) is 58.4 Å². The van der Waals surface area contributed by atoms with Gasteiger partial charge in [0.2, 0.25) is 11.8 Å². The number of thiazole rings is 1. The van der Waals surface area contributed by atoms with Crippen molar-refractivity contribution in [3.05, 3.63) is 40.9 Å². The lowest BCUT2D eigenvalue weighted by Crippen LogP contribution is -2.47. The molecule has 2 atom stereocenters. The van der Waals surface area contributed by atoms with E-state index >= 15 is 0 Å². The van der Waals surface area contributed by atoms with E-state index in [1.165, 1.54) is 11.3 Å². The average molecular weight is 430 g/mol. The first-order valence-corrected chi connectivity index (χ1v) is 11.5. The van der Waals surface area contributed by atoms with Gasteiger partial charge in [-0.2, -0.15) is 0 Å². The summed E-state index contributed by atoms with van der Waals surface area (Å²) in [4.78, 5) is 32.6. The molecule has 1 aliphatic rings. The number of methoxy groups -OCH3 is 1. The van der Waals surface area contributed by atoms with E-state index in [9.17, 15) is 9.59 Å². The lowest BCUT2D eigenvalue weighted by molar-refractivity contribution is -0.142. The Bertz CT molecular complexity index is 880. The van der Waals surface area contributed by atoms with Crippen LogP contribution in [0, 0.1) is 5.92 Å². The van der Waals surface area contributed by atoms with Crippen LogP contribution in [-0.4, -0.2) is 35.4 Å². The van der Waals surface area contributed by atoms with Gasteiger partial charge >= 0.3 is 0 Å². The molecule has 0 radical (unpaired) electrons. The molecule has 7 heteroatoms. The second-order valence-corrected chi connectivity index (χ2v) is 8.85. The number of nitrogens with zero attached hydrogens (tertiary/aromatic N) is 2. The van der Waals surface area contributed by atoms with E-state index in [-0.39, 0.29) is 23.8 Å². The quantitative estimate of drug-likeness (QED) is 0.641. The van der Waals surface area contributed by atoms with Crippen LogP contribution < -0.4 is 10.1 Å². The Balaban J connectivity index is 1.92. The number of amides is 2. The highest BCUT2D eigenvalue weighted by molar-refractivity contribution is 7.13. The third-order valence-electron chi connectivity index (χ3n) is 5.60. The fourth-order valence-corrected chi connectivity index (χ4v) is 4.80. The maximum absolute atomic E-state index is 13.3. The molecular formula is C23H31N3O3S. The number of carbonyl (C=O) groups is 2. The smallest absolute Gasteiger partial charge is 0.231 e. The van der Waals surface area contributed by atoms with Gasteiger partial charge in [-0.1, -0.05) is 45.4 Å². The molecule has 30 heavy (non-hydrogen) atoms. The standard InChI is InChI=1S/C23H31N3O3S/c1-5-6-13-26-20(27)12-11-17(21(26)16-9-7-8-10-19(16)29-4)22(28)25-23-24-18(14-30-23)15(2)3/h7-10,14-15,17,21H,5-6,11-13H2,1-4H3,(H,24,25,28). The largest absolute Gasteiger partial charge is 0.496 e. The van der Waals surface area contributed by atoms with Gasteiger partial charge in [0.25, 0.3) is 0 Å². The van der Waals surface area contributed by atoms with Crippen LogP contribution in [0.15, 0.2) is 29.6 Å². The summed E-state index contributed by atoms with van der Waals surface area (Å²) in [6.07, 6.45) is 2.77. The van der Waals surface area contributed by atoms with E-state index in [4.69, 9.17) is 4.74 Å². The molecular weight excluding hydrogens is 398 g/mol. The molecule has 1 aromatic carbocycles. The predicted molar refractivity (Wildman–Crippen MR) is 120 cm³/mol. The Kier molecular flexibility index (Phi) is 7.48. The van der Waals surface area contributed by atoms with Gasteiger partial charge in [0, 0.05) is 23.9 Å². The van der Waals surface area contributed by atoms with Gasteiger partial charge in [-0.15, -0.1) is 11.3 Å². The second-order valence-electron chi connectivity index (χ2n) is 7.99. The van der Waals surface area contributed by atoms with Gasteiger partial charge in [0.05, 0.1) is 24.8 Å². The predicted octanol–water partition coefficient (Wildman–Crippen LogP) is 4.99. The van der Waals surface area contributed by atoms with Crippen molar-refractivity contribution >= 4 is 28.3 Å². The molecule has 0 saturated carbocycles. The van der Waals surface area contributed by atoms with Gasteiger partial charge in [0.15, 0.2) is 5.13 Å². The zero-order valence-electron chi connectivity index (χ0n) is 18.2. The van der Waals surface area contributed by atoms with E-state index in [1.54, 1.807) is 7.11 Å². The molecule has 1 N–H and O–H groups in total. The maximum Gasteiger partial charge on any atom is 0.231 e. The summed E-state index contributed by atoms with van der Waals surface area (Å²) in [5.74, 6) is 0.657. The highest BCUT2D eigenvalue weighted by Crippen LogP contribution is 2.41. The number of nitrogens with one attached hydrogen (secondary N) is 1. The monoisotopic (exact) mass is 429 g/mol. The average Bonchev–Trinajstić information content (AvgIpc) is 3.21. The first kappa shape index (κ1) is 22.3. The topological polar surface area (TPSA) is 71.5 Å². The number of rotatable bonds is 8. The van der Waals surface area contributed by atoms with Crippen LogP contribution in [0.1, 0.15) is 69.7 Å². The number of carbonyl (C=O) groups excluding carboxylic acids is 2. The number of aromatic nitrogens is 1. The fraction of sp³-hybridized carbons (Fsp3) is 0.522. The van der Waals surface area contributed by atoms with E-state index in [0.717, 1.165) is 24.1 Å². The number of hydrogen-bond donors (Lipinski definition) is 1. The van der Waals surface area contributed by atoms with Crippen molar-refractivity contribution in [1.29, 1.82) is 0 Å². The van der Waals surface area contributed by atoms with E-state index < -0.39 is 0 Å². The highest BCUT2D eigenvalue weighted by Gasteiger charge is 2.41. The number of anilines is 1. The molecule has 1 aliphatic heterocycles. The number of benzene rings is 1. The molecule has 3 rings (SSSR count). The third kappa shape index (κ3) is 4.83. The molecule has 1 aromatic heterocycles. The summed E-state index contributed by atoms with van der Waals surface area (Å²) in [5, 5.41) is 5.60. The summed E-state index contributed by atoms with van der Waals surface area (Å²) in [6.45, 7) is 6.90. The van der Waals surface area contributed by atoms with Crippen LogP contribution in [-0.2, 0) is 9.59 Å². The summed E-state index contributed by atoms with van der Waals surface area (Å²) < 4.78 is 5.58. The summed E-state index contributed by atoms with van der Waals surface area (Å²) in [6, 6.07) is 7.33. The zero-order chi connectivity index (χ0) is 21.7. The maximum atomic E-state index is 13.3. The Morgan fingerprint density at radius 1 is 1.37 bits per heavy atom. The van der Waals surface area contributed by atoms with Crippen LogP contribution >= 0.6 is 11.3 Å². The first-order chi connectivity index (χ1) is 14.5. The van der Waals surface area contributed by atoms with Gasteiger partial charge in [-0.05, 0) is 24.8 Å². The van der Waals surface area contributed by atoms with Crippen molar-refractivity contribution in [1.82, 2.24) is 9.88 Å². The van der Waals surface area contributed by atoms with Crippen LogP contribution in [0.25, 0.3) is 0 Å². The Hall–Kier alpha value is -2.41. The first-order valence-electron chi connectivity index (χ1n) is 10.6. The molecule has 0 aliphatic carbocycles. The molecule has 0 spiro atoms. The van der Waals surface area contributed by atoms with Gasteiger partial charge in [-0.3, -0.25) is 9.59 Å². The van der Waals surface area contributed by atoms with Crippen LogP contribution in [0.4, 0.5) is 5.13 Å². The van der Waals surface area contributed by atoms with Crippen molar-refractivity contribution in [2.75, 3.05) is 19.0 Å². The molecule has 2 unspecified atom stereocenters. The second kappa shape index (κ2) is 10.1. The van der Waals surface area contributed by atoms with Gasteiger partial charge < -0.3 is 15.0 Å².